The number of guanidine groups is 1. The lowest BCUT2D eigenvalue weighted by molar-refractivity contribution is -0.135. The second kappa shape index (κ2) is 9.88. The van der Waals surface area contributed by atoms with Gasteiger partial charge in [0.15, 0.2) is 5.96 Å². The smallest absolute Gasteiger partial charge is 0.243 e. The Morgan fingerprint density at radius 2 is 2.03 bits per heavy atom. The molecule has 1 aromatic carbocycles. The van der Waals surface area contributed by atoms with E-state index in [1.54, 1.807) is 31.6 Å². The van der Waals surface area contributed by atoms with Gasteiger partial charge in [0.25, 0.3) is 0 Å². The number of aliphatic imine (C=N–C) groups is 1. The van der Waals surface area contributed by atoms with Gasteiger partial charge in [0.05, 0.1) is 25.0 Å². The van der Waals surface area contributed by atoms with Crippen molar-refractivity contribution >= 4 is 35.1 Å². The Balaban J connectivity index is 1.49. The molecule has 8 nitrogen and oxygen atoms in total. The molecule has 1 saturated heterocycles. The molecule has 1 aromatic heterocycles. The highest BCUT2D eigenvalue weighted by molar-refractivity contribution is 6.30. The number of hydrogen-bond donors (Lipinski definition) is 2. The summed E-state index contributed by atoms with van der Waals surface area (Å²) in [4.78, 5) is 36.5. The highest BCUT2D eigenvalue weighted by Crippen LogP contribution is 2.13. The minimum Gasteiger partial charge on any atom is -0.347 e. The zero-order valence-corrected chi connectivity index (χ0v) is 16.9. The maximum absolute atomic E-state index is 12.6. The predicted octanol–water partition coefficient (Wildman–Crippen LogP) is 1.59. The average molecular weight is 415 g/mol. The molecule has 0 radical (unpaired) electrons. The summed E-state index contributed by atoms with van der Waals surface area (Å²) in [6, 6.07) is 11.0. The van der Waals surface area contributed by atoms with Gasteiger partial charge in [-0.05, 0) is 29.8 Å². The monoisotopic (exact) mass is 414 g/mol. The molecule has 29 heavy (non-hydrogen) atoms. The van der Waals surface area contributed by atoms with E-state index in [9.17, 15) is 9.59 Å². The Kier molecular flexibility index (Phi) is 7.02. The fourth-order valence-electron chi connectivity index (χ4n) is 3.00. The van der Waals surface area contributed by atoms with E-state index >= 15 is 0 Å². The Morgan fingerprint density at radius 1 is 1.24 bits per heavy atom. The number of pyridine rings is 1. The van der Waals surface area contributed by atoms with Crippen LogP contribution in [0, 0.1) is 0 Å². The number of aromatic nitrogens is 1. The summed E-state index contributed by atoms with van der Waals surface area (Å²) in [6.45, 7) is 1.99. The van der Waals surface area contributed by atoms with Crippen molar-refractivity contribution in [1.82, 2.24) is 20.1 Å². The topological polar surface area (TPSA) is 89.9 Å². The SMILES string of the molecule is CN=C(NCC(=O)Nc1cccnc1)N1CCN(Cc2ccc(Cl)cc2)C(=O)C1. The molecule has 2 N–H and O–H groups in total. The van der Waals surface area contributed by atoms with Crippen LogP contribution in [-0.2, 0) is 16.1 Å². The molecule has 0 bridgehead atoms. The molecule has 3 rings (SSSR count). The highest BCUT2D eigenvalue weighted by atomic mass is 35.5. The molecule has 2 heterocycles. The highest BCUT2D eigenvalue weighted by Gasteiger charge is 2.26. The van der Waals surface area contributed by atoms with Gasteiger partial charge < -0.3 is 20.4 Å². The number of carbonyl (C=O) groups is 2. The van der Waals surface area contributed by atoms with Crippen molar-refractivity contribution in [1.29, 1.82) is 0 Å². The fraction of sp³-hybridized carbons (Fsp3) is 0.300. The van der Waals surface area contributed by atoms with E-state index < -0.39 is 0 Å². The zero-order chi connectivity index (χ0) is 20.6. The van der Waals surface area contributed by atoms with Gasteiger partial charge in [-0.2, -0.15) is 0 Å². The summed E-state index contributed by atoms with van der Waals surface area (Å²) in [5.74, 6) is 0.312. The molecule has 1 aliphatic rings. The van der Waals surface area contributed by atoms with Crippen LogP contribution in [0.15, 0.2) is 53.8 Å². The minimum absolute atomic E-state index is 0.00830. The molecule has 0 aliphatic carbocycles. The van der Waals surface area contributed by atoms with Crippen molar-refractivity contribution in [3.63, 3.8) is 0 Å². The minimum atomic E-state index is -0.216. The predicted molar refractivity (Wildman–Crippen MR) is 113 cm³/mol. The number of hydrogen-bond acceptors (Lipinski definition) is 4. The van der Waals surface area contributed by atoms with Gasteiger partial charge in [0.2, 0.25) is 11.8 Å². The second-order valence-corrected chi connectivity index (χ2v) is 6.99. The van der Waals surface area contributed by atoms with Gasteiger partial charge in [0.1, 0.15) is 0 Å². The molecule has 0 unspecified atom stereocenters. The van der Waals surface area contributed by atoms with E-state index in [1.807, 2.05) is 34.1 Å². The second-order valence-electron chi connectivity index (χ2n) is 6.55. The van der Waals surface area contributed by atoms with Crippen LogP contribution in [-0.4, -0.2) is 65.8 Å². The van der Waals surface area contributed by atoms with Gasteiger partial charge in [-0.15, -0.1) is 0 Å². The molecule has 1 aliphatic heterocycles. The quantitative estimate of drug-likeness (QED) is 0.573. The largest absolute Gasteiger partial charge is 0.347 e. The summed E-state index contributed by atoms with van der Waals surface area (Å²) < 4.78 is 0. The van der Waals surface area contributed by atoms with Gasteiger partial charge >= 0.3 is 0 Å². The third kappa shape index (κ3) is 5.92. The lowest BCUT2D eigenvalue weighted by Crippen LogP contribution is -2.55. The van der Waals surface area contributed by atoms with Crippen LogP contribution in [0.4, 0.5) is 5.69 Å². The van der Waals surface area contributed by atoms with Crippen LogP contribution in [0.25, 0.3) is 0 Å². The molecular formula is C20H23ClN6O2. The molecule has 0 spiro atoms. The Bertz CT molecular complexity index is 872. The van der Waals surface area contributed by atoms with Crippen LogP contribution in [0.1, 0.15) is 5.56 Å². The summed E-state index contributed by atoms with van der Waals surface area (Å²) in [5, 5.41) is 6.43. The number of rotatable bonds is 5. The Hall–Kier alpha value is -3.13. The lowest BCUT2D eigenvalue weighted by atomic mass is 10.2. The van der Waals surface area contributed by atoms with E-state index in [-0.39, 0.29) is 24.9 Å². The molecule has 2 amide bonds. The Labute approximate surface area is 174 Å². The van der Waals surface area contributed by atoms with Crippen molar-refractivity contribution in [3.8, 4) is 0 Å². The van der Waals surface area contributed by atoms with Crippen molar-refractivity contribution in [2.75, 3.05) is 38.5 Å². The first kappa shape index (κ1) is 20.6. The zero-order valence-electron chi connectivity index (χ0n) is 16.1. The maximum Gasteiger partial charge on any atom is 0.243 e. The number of carbonyl (C=O) groups excluding carboxylic acids is 2. The first-order chi connectivity index (χ1) is 14.0. The maximum atomic E-state index is 12.6. The van der Waals surface area contributed by atoms with Gasteiger partial charge in [-0.3, -0.25) is 19.6 Å². The van der Waals surface area contributed by atoms with Crippen LogP contribution >= 0.6 is 11.6 Å². The standard InChI is InChI=1S/C20H23ClN6O2/c1-22-20(24-12-18(28)25-17-3-2-8-23-11-17)27-10-9-26(19(29)14-27)13-15-4-6-16(21)7-5-15/h2-8,11H,9-10,12-14H2,1H3,(H,22,24)(H,25,28). The van der Waals surface area contributed by atoms with Crippen molar-refractivity contribution in [2.24, 2.45) is 4.99 Å². The van der Waals surface area contributed by atoms with Crippen LogP contribution in [0.2, 0.25) is 5.02 Å². The number of anilines is 1. The average Bonchev–Trinajstić information content (AvgIpc) is 2.72. The van der Waals surface area contributed by atoms with Gasteiger partial charge in [-0.1, -0.05) is 23.7 Å². The molecule has 152 valence electrons. The fourth-order valence-corrected chi connectivity index (χ4v) is 3.13. The van der Waals surface area contributed by atoms with Crippen LogP contribution in [0.3, 0.4) is 0 Å². The van der Waals surface area contributed by atoms with Crippen molar-refractivity contribution in [2.45, 2.75) is 6.54 Å². The molecule has 1 fully saturated rings. The summed E-state index contributed by atoms with van der Waals surface area (Å²) >= 11 is 5.91. The van der Waals surface area contributed by atoms with Crippen LogP contribution < -0.4 is 10.6 Å². The number of nitrogens with zero attached hydrogens (tertiary/aromatic N) is 4. The molecule has 2 aromatic rings. The number of amides is 2. The Morgan fingerprint density at radius 3 is 2.69 bits per heavy atom. The van der Waals surface area contributed by atoms with Crippen molar-refractivity contribution < 1.29 is 9.59 Å². The van der Waals surface area contributed by atoms with E-state index in [0.29, 0.717) is 36.3 Å². The summed E-state index contributed by atoms with van der Waals surface area (Å²) in [5.41, 5.74) is 1.66. The number of benzene rings is 1. The van der Waals surface area contributed by atoms with Crippen molar-refractivity contribution in [3.05, 3.63) is 59.4 Å². The summed E-state index contributed by atoms with van der Waals surface area (Å²) in [7, 11) is 1.63. The van der Waals surface area contributed by atoms with E-state index in [1.165, 1.54) is 0 Å². The third-order valence-electron chi connectivity index (χ3n) is 4.47. The van der Waals surface area contributed by atoms with E-state index in [4.69, 9.17) is 11.6 Å². The van der Waals surface area contributed by atoms with Crippen LogP contribution in [0.5, 0.6) is 0 Å². The molecule has 9 heteroatoms. The number of piperazine rings is 1. The molecule has 0 saturated carbocycles. The number of nitrogens with one attached hydrogen (secondary N) is 2. The number of halogens is 1. The molecular weight excluding hydrogens is 392 g/mol. The van der Waals surface area contributed by atoms with Gasteiger partial charge in [0, 0.05) is 37.9 Å². The first-order valence-corrected chi connectivity index (χ1v) is 9.60. The molecule has 0 atom stereocenters. The summed E-state index contributed by atoms with van der Waals surface area (Å²) in [6.07, 6.45) is 3.21. The van der Waals surface area contributed by atoms with Gasteiger partial charge in [-0.25, -0.2) is 0 Å². The lowest BCUT2D eigenvalue weighted by Gasteiger charge is -2.36. The first-order valence-electron chi connectivity index (χ1n) is 9.23. The van der Waals surface area contributed by atoms with E-state index in [0.717, 1.165) is 5.56 Å². The van der Waals surface area contributed by atoms with E-state index in [2.05, 4.69) is 20.6 Å². The normalized spacial score (nSPS) is 14.7. The third-order valence-corrected chi connectivity index (χ3v) is 4.72.